The molecule has 0 aliphatic carbocycles. The van der Waals surface area contributed by atoms with Gasteiger partial charge in [-0.1, -0.05) is 6.07 Å². The first-order valence-electron chi connectivity index (χ1n) is 13.2. The largest absolute Gasteiger partial charge is 0.418 e. The van der Waals surface area contributed by atoms with Gasteiger partial charge in [-0.3, -0.25) is 14.8 Å². The number of ether oxygens (including phenoxy) is 1. The lowest BCUT2D eigenvalue weighted by Crippen LogP contribution is -2.46. The van der Waals surface area contributed by atoms with Crippen LogP contribution in [0, 0.1) is 0 Å². The molecule has 1 N–H and O–H groups in total. The van der Waals surface area contributed by atoms with Crippen LogP contribution in [0.4, 0.5) is 37.8 Å². The molecule has 42 heavy (non-hydrogen) atoms. The maximum atomic E-state index is 13.7. The highest BCUT2D eigenvalue weighted by Crippen LogP contribution is 2.37. The van der Waals surface area contributed by atoms with E-state index in [2.05, 4.69) is 30.1 Å². The van der Waals surface area contributed by atoms with Crippen molar-refractivity contribution < 1.29 is 31.1 Å². The molecule has 222 valence electrons. The molecular formula is C29H28F6N6O. The third-order valence-corrected chi connectivity index (χ3v) is 7.05. The van der Waals surface area contributed by atoms with Gasteiger partial charge in [0.1, 0.15) is 11.6 Å². The van der Waals surface area contributed by atoms with E-state index in [-0.39, 0.29) is 11.3 Å². The van der Waals surface area contributed by atoms with Gasteiger partial charge in [-0.2, -0.15) is 26.3 Å². The van der Waals surface area contributed by atoms with E-state index in [1.54, 1.807) is 13.2 Å². The zero-order valence-electron chi connectivity index (χ0n) is 22.6. The smallest absolute Gasteiger partial charge is 0.383 e. The average Bonchev–Trinajstić information content (AvgIpc) is 2.96. The number of anilines is 2. The van der Waals surface area contributed by atoms with Crippen LogP contribution in [0.25, 0.3) is 22.2 Å². The van der Waals surface area contributed by atoms with Crippen LogP contribution >= 0.6 is 0 Å². The third-order valence-electron chi connectivity index (χ3n) is 7.05. The number of fused-ring (bicyclic) bond motifs is 1. The molecule has 2 aromatic heterocycles. The molecule has 2 aromatic carbocycles. The van der Waals surface area contributed by atoms with Gasteiger partial charge in [0.15, 0.2) is 0 Å². The van der Waals surface area contributed by atoms with Crippen molar-refractivity contribution >= 4 is 22.4 Å². The summed E-state index contributed by atoms with van der Waals surface area (Å²) in [5.41, 5.74) is -0.901. The number of aromatic nitrogens is 3. The number of piperazine rings is 1. The van der Waals surface area contributed by atoms with E-state index in [1.807, 2.05) is 0 Å². The number of rotatable bonds is 8. The Labute approximate surface area is 238 Å². The van der Waals surface area contributed by atoms with Crippen LogP contribution in [0.15, 0.2) is 60.8 Å². The summed E-state index contributed by atoms with van der Waals surface area (Å²) < 4.78 is 85.5. The summed E-state index contributed by atoms with van der Waals surface area (Å²) in [7, 11) is 1.66. The van der Waals surface area contributed by atoms with E-state index in [0.717, 1.165) is 50.9 Å². The van der Waals surface area contributed by atoms with Crippen molar-refractivity contribution in [3.05, 3.63) is 77.7 Å². The van der Waals surface area contributed by atoms with Crippen molar-refractivity contribution in [1.29, 1.82) is 0 Å². The standard InChI is InChI=1S/C29H28F6N6O/c1-42-16-15-40-11-13-41(14-12-40)18-25-38-24-17-19(26-23(29(33,34)35)3-2-10-36-26)4-9-22(24)27(39-25)37-21-7-5-20(6-8-21)28(30,31)32/h2-10,17H,11-16,18H2,1H3,(H,37,38,39). The summed E-state index contributed by atoms with van der Waals surface area (Å²) in [5.74, 6) is 0.758. The molecule has 4 aromatic rings. The minimum absolute atomic E-state index is 0.225. The first-order valence-corrected chi connectivity index (χ1v) is 13.2. The van der Waals surface area contributed by atoms with Gasteiger partial charge in [0.2, 0.25) is 0 Å². The number of benzene rings is 2. The minimum atomic E-state index is -4.60. The molecule has 5 rings (SSSR count). The van der Waals surface area contributed by atoms with Crippen LogP contribution in [0.2, 0.25) is 0 Å². The number of pyridine rings is 1. The summed E-state index contributed by atoms with van der Waals surface area (Å²) >= 11 is 0. The predicted octanol–water partition coefficient (Wildman–Crippen LogP) is 6.24. The summed E-state index contributed by atoms with van der Waals surface area (Å²) in [6.07, 6.45) is -7.78. The van der Waals surface area contributed by atoms with E-state index >= 15 is 0 Å². The molecule has 1 aliphatic rings. The fraction of sp³-hybridized carbons (Fsp3) is 0.345. The Hall–Kier alpha value is -3.81. The normalized spacial score (nSPS) is 15.3. The monoisotopic (exact) mass is 590 g/mol. The first kappa shape index (κ1) is 29.7. The number of hydrogen-bond acceptors (Lipinski definition) is 7. The fourth-order valence-electron chi connectivity index (χ4n) is 4.83. The van der Waals surface area contributed by atoms with Crippen LogP contribution < -0.4 is 5.32 Å². The molecule has 13 heteroatoms. The number of halogens is 6. The van der Waals surface area contributed by atoms with E-state index in [9.17, 15) is 26.3 Å². The second kappa shape index (κ2) is 12.2. The second-order valence-electron chi connectivity index (χ2n) is 9.93. The molecule has 1 aliphatic heterocycles. The third kappa shape index (κ3) is 6.97. The number of nitrogens with zero attached hydrogens (tertiary/aromatic N) is 5. The highest BCUT2D eigenvalue weighted by molar-refractivity contribution is 5.93. The van der Waals surface area contributed by atoms with Gasteiger partial charge in [0, 0.05) is 62.7 Å². The SMILES string of the molecule is COCCN1CCN(Cc2nc(Nc3ccc(C(F)(F)F)cc3)c3ccc(-c4ncccc4C(F)(F)F)cc3n2)CC1. The van der Waals surface area contributed by atoms with Gasteiger partial charge < -0.3 is 10.1 Å². The quantitative estimate of drug-likeness (QED) is 0.244. The number of nitrogens with one attached hydrogen (secondary N) is 1. The number of alkyl halides is 6. The molecule has 0 radical (unpaired) electrons. The number of methoxy groups -OCH3 is 1. The molecule has 1 saturated heterocycles. The molecule has 3 heterocycles. The lowest BCUT2D eigenvalue weighted by Gasteiger charge is -2.34. The van der Waals surface area contributed by atoms with Gasteiger partial charge in [-0.05, 0) is 48.5 Å². The highest BCUT2D eigenvalue weighted by atomic mass is 19.4. The molecule has 0 bridgehead atoms. The molecule has 0 amide bonds. The maximum Gasteiger partial charge on any atom is 0.418 e. The minimum Gasteiger partial charge on any atom is -0.383 e. The van der Waals surface area contributed by atoms with Gasteiger partial charge in [0.05, 0.1) is 35.5 Å². The number of hydrogen-bond donors (Lipinski definition) is 1. The van der Waals surface area contributed by atoms with Crippen LogP contribution in [0.1, 0.15) is 17.0 Å². The summed E-state index contributed by atoms with van der Waals surface area (Å²) in [6, 6.07) is 11.3. The summed E-state index contributed by atoms with van der Waals surface area (Å²) in [6.45, 7) is 5.04. The van der Waals surface area contributed by atoms with Crippen molar-refractivity contribution in [2.75, 3.05) is 51.8 Å². The molecule has 0 atom stereocenters. The van der Waals surface area contributed by atoms with E-state index in [1.165, 1.54) is 36.5 Å². The molecule has 0 unspecified atom stereocenters. The molecule has 0 saturated carbocycles. The topological polar surface area (TPSA) is 66.4 Å². The van der Waals surface area contributed by atoms with Crippen LogP contribution in [0.3, 0.4) is 0 Å². The fourth-order valence-corrected chi connectivity index (χ4v) is 4.83. The van der Waals surface area contributed by atoms with Crippen molar-refractivity contribution in [1.82, 2.24) is 24.8 Å². The molecular weight excluding hydrogens is 562 g/mol. The van der Waals surface area contributed by atoms with Crippen molar-refractivity contribution in [3.63, 3.8) is 0 Å². The predicted molar refractivity (Wildman–Crippen MR) is 146 cm³/mol. The van der Waals surface area contributed by atoms with Crippen LogP contribution in [-0.4, -0.2) is 71.2 Å². The van der Waals surface area contributed by atoms with Gasteiger partial charge in [-0.15, -0.1) is 0 Å². The lowest BCUT2D eigenvalue weighted by atomic mass is 10.0. The van der Waals surface area contributed by atoms with Gasteiger partial charge in [0.25, 0.3) is 0 Å². The molecule has 1 fully saturated rings. The lowest BCUT2D eigenvalue weighted by molar-refractivity contribution is -0.138. The zero-order valence-corrected chi connectivity index (χ0v) is 22.6. The van der Waals surface area contributed by atoms with E-state index < -0.39 is 23.5 Å². The molecule has 0 spiro atoms. The highest BCUT2D eigenvalue weighted by Gasteiger charge is 2.34. The van der Waals surface area contributed by atoms with E-state index in [0.29, 0.717) is 41.4 Å². The van der Waals surface area contributed by atoms with Crippen molar-refractivity contribution in [2.45, 2.75) is 18.9 Å². The van der Waals surface area contributed by atoms with Crippen LogP contribution in [-0.2, 0) is 23.6 Å². The van der Waals surface area contributed by atoms with Crippen molar-refractivity contribution in [2.24, 2.45) is 0 Å². The Morgan fingerprint density at radius 1 is 0.857 bits per heavy atom. The Morgan fingerprint density at radius 3 is 2.24 bits per heavy atom. The first-order chi connectivity index (χ1) is 20.0. The second-order valence-corrected chi connectivity index (χ2v) is 9.93. The maximum absolute atomic E-state index is 13.7. The Morgan fingerprint density at radius 2 is 1.57 bits per heavy atom. The average molecular weight is 591 g/mol. The van der Waals surface area contributed by atoms with Crippen molar-refractivity contribution in [3.8, 4) is 11.3 Å². The van der Waals surface area contributed by atoms with Gasteiger partial charge >= 0.3 is 12.4 Å². The van der Waals surface area contributed by atoms with Crippen LogP contribution in [0.5, 0.6) is 0 Å². The molecule has 7 nitrogen and oxygen atoms in total. The Bertz CT molecular complexity index is 1520. The van der Waals surface area contributed by atoms with Gasteiger partial charge in [-0.25, -0.2) is 9.97 Å². The Balaban J connectivity index is 1.49. The zero-order chi connectivity index (χ0) is 29.9. The van der Waals surface area contributed by atoms with E-state index in [4.69, 9.17) is 4.74 Å². The Kier molecular flexibility index (Phi) is 8.62. The summed E-state index contributed by atoms with van der Waals surface area (Å²) in [5, 5.41) is 3.57. The summed E-state index contributed by atoms with van der Waals surface area (Å²) in [4.78, 5) is 17.8.